The molecule has 3 rings (SSSR count). The molecule has 0 atom stereocenters. The molecule has 1 aliphatic heterocycles. The second-order valence-corrected chi connectivity index (χ2v) is 7.16. The van der Waals surface area contributed by atoms with Gasteiger partial charge in [-0.2, -0.15) is 0 Å². The Bertz CT molecular complexity index is 1140. The van der Waals surface area contributed by atoms with Crippen molar-refractivity contribution in [3.63, 3.8) is 0 Å². The molecular weight excluding hydrogens is 491 g/mol. The molecule has 0 bridgehead atoms. The molecule has 2 heterocycles. The van der Waals surface area contributed by atoms with Gasteiger partial charge in [0.2, 0.25) is 5.43 Å². The molecule has 0 spiro atoms. The molecule has 37 heavy (non-hydrogen) atoms. The molecule has 2 aromatic rings. The van der Waals surface area contributed by atoms with Gasteiger partial charge in [0, 0.05) is 63.8 Å². The van der Waals surface area contributed by atoms with E-state index in [-0.39, 0.29) is 12.2 Å². The number of terminal acetylenes is 2. The highest BCUT2D eigenvalue weighted by Gasteiger charge is 2.30. The number of methoxy groups -OCH3 is 1. The third kappa shape index (κ3) is 8.44. The molecule has 11 heteroatoms. The van der Waals surface area contributed by atoms with Crippen LogP contribution in [0, 0.1) is 43.1 Å². The second kappa shape index (κ2) is 16.5. The van der Waals surface area contributed by atoms with Crippen LogP contribution in [0.5, 0.6) is 5.75 Å². The van der Waals surface area contributed by atoms with Crippen LogP contribution < -0.4 is 10.7 Å². The van der Waals surface area contributed by atoms with Crippen LogP contribution in [0.2, 0.25) is 0 Å². The molecule has 2 amide bonds. The first kappa shape index (κ1) is 32.8. The summed E-state index contributed by atoms with van der Waals surface area (Å²) in [5, 5.41) is 12.4. The minimum Gasteiger partial charge on any atom is -0.503 e. The van der Waals surface area contributed by atoms with Gasteiger partial charge in [-0.3, -0.25) is 14.4 Å². The van der Waals surface area contributed by atoms with Gasteiger partial charge in [-0.05, 0) is 13.3 Å². The van der Waals surface area contributed by atoms with Crippen molar-refractivity contribution >= 4 is 11.8 Å². The summed E-state index contributed by atoms with van der Waals surface area (Å²) in [4.78, 5) is 38.7. The van der Waals surface area contributed by atoms with E-state index >= 15 is 0 Å². The third-order valence-corrected chi connectivity index (χ3v) is 4.92. The van der Waals surface area contributed by atoms with Crippen molar-refractivity contribution in [2.24, 2.45) is 0 Å². The largest absolute Gasteiger partial charge is 0.503 e. The number of nitrogens with one attached hydrogen (secondary N) is 1. The van der Waals surface area contributed by atoms with Crippen LogP contribution in [0.4, 0.5) is 13.2 Å². The average Bonchev–Trinajstić information content (AvgIpc) is 2.89. The van der Waals surface area contributed by atoms with Gasteiger partial charge >= 0.3 is 0 Å². The standard InChI is InChI=1S/C19H18F3N3O4.C3H8O.2C2H2/c1-2-3-24-4-5-25-9-12(16(26)17(27)15(25)19(24)29)18(28)23-8-11-13(21)6-10(20)7-14(11)22;1-3-4-2;2*1-2/h6-7,9,27H,2-5,8H2,1H3,(H,23,28);3H2,1-2H3;2*1-2H. The van der Waals surface area contributed by atoms with Crippen molar-refractivity contribution in [2.45, 2.75) is 33.4 Å². The fraction of sp³-hybridized carbons (Fsp3) is 0.346. The maximum Gasteiger partial charge on any atom is 0.274 e. The molecule has 1 aromatic heterocycles. The van der Waals surface area contributed by atoms with E-state index < -0.39 is 58.1 Å². The molecule has 1 aromatic carbocycles. The number of benzene rings is 1. The van der Waals surface area contributed by atoms with Crippen LogP contribution >= 0.6 is 0 Å². The first-order chi connectivity index (χ1) is 17.7. The normalized spacial score (nSPS) is 11.4. The topological polar surface area (TPSA) is 101 Å². The van der Waals surface area contributed by atoms with Gasteiger partial charge < -0.3 is 24.6 Å². The summed E-state index contributed by atoms with van der Waals surface area (Å²) in [5.41, 5.74) is -2.33. The quantitative estimate of drug-likeness (QED) is 0.570. The molecular formula is C26H30F3N3O5. The molecule has 200 valence electrons. The van der Waals surface area contributed by atoms with E-state index in [1.165, 1.54) is 9.47 Å². The Hall–Kier alpha value is -4.22. The molecule has 1 aliphatic rings. The zero-order chi connectivity index (χ0) is 28.7. The highest BCUT2D eigenvalue weighted by Crippen LogP contribution is 2.21. The zero-order valence-corrected chi connectivity index (χ0v) is 20.9. The Labute approximate surface area is 214 Å². The van der Waals surface area contributed by atoms with Gasteiger partial charge in [0.25, 0.3) is 11.8 Å². The van der Waals surface area contributed by atoms with Gasteiger partial charge in [-0.15, -0.1) is 25.7 Å². The lowest BCUT2D eigenvalue weighted by atomic mass is 10.1. The molecule has 8 nitrogen and oxygen atoms in total. The Morgan fingerprint density at radius 2 is 1.62 bits per heavy atom. The predicted octanol–water partition coefficient (Wildman–Crippen LogP) is 2.92. The number of aromatic nitrogens is 1. The van der Waals surface area contributed by atoms with Crippen molar-refractivity contribution in [1.82, 2.24) is 14.8 Å². The highest BCUT2D eigenvalue weighted by atomic mass is 19.1. The fourth-order valence-corrected chi connectivity index (χ4v) is 3.18. The molecule has 0 fully saturated rings. The van der Waals surface area contributed by atoms with Crippen molar-refractivity contribution in [2.75, 3.05) is 26.8 Å². The fourth-order valence-electron chi connectivity index (χ4n) is 3.18. The SMILES string of the molecule is C#C.C#C.CCCN1CCn2cc(C(=O)NCc3c(F)cc(F)cc3F)c(=O)c(O)c2C1=O.CCOC. The van der Waals surface area contributed by atoms with Crippen molar-refractivity contribution in [3.8, 4) is 31.4 Å². The summed E-state index contributed by atoms with van der Waals surface area (Å²) in [7, 11) is 1.68. The molecule has 0 saturated heterocycles. The number of hydrogen-bond donors (Lipinski definition) is 2. The van der Waals surface area contributed by atoms with Crippen LogP contribution in [0.15, 0.2) is 23.1 Å². The van der Waals surface area contributed by atoms with E-state index in [0.717, 1.165) is 12.8 Å². The number of hydrogen-bond acceptors (Lipinski definition) is 5. The summed E-state index contributed by atoms with van der Waals surface area (Å²) in [6, 6.07) is 0.940. The van der Waals surface area contributed by atoms with Crippen molar-refractivity contribution in [1.29, 1.82) is 0 Å². The number of halogens is 3. The average molecular weight is 522 g/mol. The lowest BCUT2D eigenvalue weighted by molar-refractivity contribution is 0.0695. The number of carbonyl (C=O) groups is 2. The number of ether oxygens (including phenoxy) is 1. The van der Waals surface area contributed by atoms with Gasteiger partial charge in [0.1, 0.15) is 23.0 Å². The van der Waals surface area contributed by atoms with Crippen molar-refractivity contribution < 1.29 is 32.6 Å². The summed E-state index contributed by atoms with van der Waals surface area (Å²) >= 11 is 0. The number of rotatable bonds is 6. The number of carbonyl (C=O) groups excluding carboxylic acids is 2. The summed E-state index contributed by atoms with van der Waals surface area (Å²) in [6.45, 7) is 5.09. The summed E-state index contributed by atoms with van der Waals surface area (Å²) in [6.07, 6.45) is 17.8. The number of pyridine rings is 1. The number of amides is 2. The minimum atomic E-state index is -1.19. The van der Waals surface area contributed by atoms with Gasteiger partial charge in [0.05, 0.1) is 0 Å². The second-order valence-electron chi connectivity index (χ2n) is 7.16. The van der Waals surface area contributed by atoms with E-state index in [0.29, 0.717) is 31.6 Å². The van der Waals surface area contributed by atoms with E-state index in [9.17, 15) is 32.7 Å². The number of nitrogens with zero attached hydrogens (tertiary/aromatic N) is 2. The van der Waals surface area contributed by atoms with Gasteiger partial charge in [-0.1, -0.05) is 6.92 Å². The van der Waals surface area contributed by atoms with E-state index in [2.05, 4.69) is 35.7 Å². The van der Waals surface area contributed by atoms with Gasteiger partial charge in [0.15, 0.2) is 11.4 Å². The summed E-state index contributed by atoms with van der Waals surface area (Å²) in [5.74, 6) is -5.84. The predicted molar refractivity (Wildman–Crippen MR) is 133 cm³/mol. The highest BCUT2D eigenvalue weighted by molar-refractivity contribution is 5.99. The Morgan fingerprint density at radius 3 is 2.11 bits per heavy atom. The number of aromatic hydroxyl groups is 1. The summed E-state index contributed by atoms with van der Waals surface area (Å²) < 4.78 is 46.2. The monoisotopic (exact) mass is 521 g/mol. The molecule has 0 radical (unpaired) electrons. The molecule has 0 unspecified atom stereocenters. The van der Waals surface area contributed by atoms with Crippen molar-refractivity contribution in [3.05, 3.63) is 62.8 Å². The first-order valence-corrected chi connectivity index (χ1v) is 11.0. The Morgan fingerprint density at radius 1 is 1.08 bits per heavy atom. The first-order valence-electron chi connectivity index (χ1n) is 11.0. The van der Waals surface area contributed by atoms with E-state index in [4.69, 9.17) is 0 Å². The van der Waals surface area contributed by atoms with E-state index in [1.807, 2.05) is 13.8 Å². The lowest BCUT2D eigenvalue weighted by Gasteiger charge is -2.30. The van der Waals surface area contributed by atoms with Crippen LogP contribution in [0.3, 0.4) is 0 Å². The van der Waals surface area contributed by atoms with E-state index in [1.54, 1.807) is 7.11 Å². The Balaban J connectivity index is 0.00000145. The van der Waals surface area contributed by atoms with Crippen LogP contribution in [-0.4, -0.2) is 53.2 Å². The minimum absolute atomic E-state index is 0.207. The molecule has 0 aliphatic carbocycles. The zero-order valence-electron chi connectivity index (χ0n) is 20.9. The number of fused-ring (bicyclic) bond motifs is 1. The maximum absolute atomic E-state index is 13.7. The van der Waals surface area contributed by atoms with Crippen LogP contribution in [0.1, 0.15) is 46.7 Å². The lowest BCUT2D eigenvalue weighted by Crippen LogP contribution is -2.43. The smallest absolute Gasteiger partial charge is 0.274 e. The maximum atomic E-state index is 13.7. The van der Waals surface area contributed by atoms with Gasteiger partial charge in [-0.25, -0.2) is 13.2 Å². The molecule has 0 saturated carbocycles. The van der Waals surface area contributed by atoms with Crippen LogP contribution in [-0.2, 0) is 17.8 Å². The Kier molecular flexibility index (Phi) is 14.6. The van der Waals surface area contributed by atoms with Crippen LogP contribution in [0.25, 0.3) is 0 Å². The molecule has 2 N–H and O–H groups in total. The third-order valence-electron chi connectivity index (χ3n) is 4.92.